The van der Waals surface area contributed by atoms with Crippen LogP contribution in [0.3, 0.4) is 0 Å². The van der Waals surface area contributed by atoms with E-state index in [4.69, 9.17) is 5.73 Å². The summed E-state index contributed by atoms with van der Waals surface area (Å²) >= 11 is 0. The van der Waals surface area contributed by atoms with Crippen LogP contribution in [0.25, 0.3) is 0 Å². The van der Waals surface area contributed by atoms with Gasteiger partial charge in [-0.1, -0.05) is 0 Å². The summed E-state index contributed by atoms with van der Waals surface area (Å²) in [7, 11) is 0. The van der Waals surface area contributed by atoms with Gasteiger partial charge in [0, 0.05) is 18.8 Å². The maximum Gasteiger partial charge on any atom is 0.337 e. The molecule has 1 aliphatic heterocycles. The monoisotopic (exact) mass is 264 g/mol. The molecule has 1 heterocycles. The van der Waals surface area contributed by atoms with E-state index in [1.165, 1.54) is 6.07 Å². The molecule has 19 heavy (non-hydrogen) atoms. The standard InChI is InChI=1S/C14H20N2O3/c1-14(19)5-2-7-16(8-6-14)12-9-10(15)3-4-11(12)13(17)18/h3-4,9,19H,2,5-8,15H2,1H3,(H,17,18). The normalized spacial score (nSPS) is 24.0. The lowest BCUT2D eigenvalue weighted by Crippen LogP contribution is -2.29. The van der Waals surface area contributed by atoms with Crippen molar-refractivity contribution in [1.29, 1.82) is 0 Å². The summed E-state index contributed by atoms with van der Waals surface area (Å²) in [5.74, 6) is -0.953. The molecule has 4 N–H and O–H groups in total. The Hall–Kier alpha value is -1.75. The van der Waals surface area contributed by atoms with Crippen molar-refractivity contribution >= 4 is 17.3 Å². The fourth-order valence-corrected chi connectivity index (χ4v) is 2.50. The van der Waals surface area contributed by atoms with Gasteiger partial charge in [0.05, 0.1) is 16.9 Å². The van der Waals surface area contributed by atoms with Gasteiger partial charge in [-0.2, -0.15) is 0 Å². The van der Waals surface area contributed by atoms with Crippen molar-refractivity contribution in [2.75, 3.05) is 23.7 Å². The molecule has 5 nitrogen and oxygen atoms in total. The van der Waals surface area contributed by atoms with Gasteiger partial charge in [0.1, 0.15) is 0 Å². The van der Waals surface area contributed by atoms with Crippen LogP contribution < -0.4 is 10.6 Å². The first-order valence-electron chi connectivity index (χ1n) is 6.49. The molecule has 1 aromatic carbocycles. The van der Waals surface area contributed by atoms with Crippen LogP contribution in [0.1, 0.15) is 36.5 Å². The van der Waals surface area contributed by atoms with E-state index in [9.17, 15) is 15.0 Å². The van der Waals surface area contributed by atoms with Gasteiger partial charge >= 0.3 is 5.97 Å². The van der Waals surface area contributed by atoms with Crippen molar-refractivity contribution < 1.29 is 15.0 Å². The molecule has 1 unspecified atom stereocenters. The van der Waals surface area contributed by atoms with Gasteiger partial charge in [-0.3, -0.25) is 0 Å². The van der Waals surface area contributed by atoms with Crippen LogP contribution in [-0.2, 0) is 0 Å². The average Bonchev–Trinajstić information content (AvgIpc) is 2.49. The van der Waals surface area contributed by atoms with Crippen molar-refractivity contribution in [3.05, 3.63) is 23.8 Å². The van der Waals surface area contributed by atoms with Crippen molar-refractivity contribution in [2.24, 2.45) is 0 Å². The van der Waals surface area contributed by atoms with E-state index in [0.717, 1.165) is 19.4 Å². The molecule has 1 fully saturated rings. The second-order valence-electron chi connectivity index (χ2n) is 5.42. The molecule has 0 radical (unpaired) electrons. The molecule has 0 bridgehead atoms. The number of benzene rings is 1. The topological polar surface area (TPSA) is 86.8 Å². The molecule has 104 valence electrons. The fraction of sp³-hybridized carbons (Fsp3) is 0.500. The van der Waals surface area contributed by atoms with E-state index in [-0.39, 0.29) is 5.56 Å². The number of anilines is 2. The van der Waals surface area contributed by atoms with Crippen molar-refractivity contribution in [2.45, 2.75) is 31.8 Å². The highest BCUT2D eigenvalue weighted by Gasteiger charge is 2.26. The van der Waals surface area contributed by atoms with E-state index in [0.29, 0.717) is 24.3 Å². The molecular weight excluding hydrogens is 244 g/mol. The molecule has 2 rings (SSSR count). The number of aliphatic hydroxyl groups is 1. The van der Waals surface area contributed by atoms with Crippen LogP contribution in [-0.4, -0.2) is 34.9 Å². The number of nitrogen functional groups attached to an aromatic ring is 1. The molecule has 1 saturated heterocycles. The van der Waals surface area contributed by atoms with Crippen molar-refractivity contribution in [1.82, 2.24) is 0 Å². The third-order valence-corrected chi connectivity index (χ3v) is 3.66. The van der Waals surface area contributed by atoms with Gasteiger partial charge in [-0.05, 0) is 44.4 Å². The number of aromatic carboxylic acids is 1. The van der Waals surface area contributed by atoms with E-state index in [2.05, 4.69) is 0 Å². The van der Waals surface area contributed by atoms with Crippen LogP contribution in [0.2, 0.25) is 0 Å². The van der Waals surface area contributed by atoms with E-state index in [1.807, 2.05) is 11.8 Å². The third kappa shape index (κ3) is 3.17. The number of carboxylic acids is 1. The minimum absolute atomic E-state index is 0.260. The summed E-state index contributed by atoms with van der Waals surface area (Å²) in [5, 5.41) is 19.3. The molecule has 5 heteroatoms. The quantitative estimate of drug-likeness (QED) is 0.708. The summed E-state index contributed by atoms with van der Waals surface area (Å²) in [4.78, 5) is 13.3. The summed E-state index contributed by atoms with van der Waals surface area (Å²) in [6.07, 6.45) is 2.19. The lowest BCUT2D eigenvalue weighted by molar-refractivity contribution is 0.0481. The Morgan fingerprint density at radius 3 is 2.79 bits per heavy atom. The van der Waals surface area contributed by atoms with Gasteiger partial charge in [0.2, 0.25) is 0 Å². The minimum atomic E-state index is -0.953. The molecule has 1 atom stereocenters. The van der Waals surface area contributed by atoms with Gasteiger partial charge in [0.15, 0.2) is 0 Å². The van der Waals surface area contributed by atoms with Crippen molar-refractivity contribution in [3.8, 4) is 0 Å². The predicted octanol–water partition coefficient (Wildman–Crippen LogP) is 1.71. The Morgan fingerprint density at radius 1 is 1.37 bits per heavy atom. The lowest BCUT2D eigenvalue weighted by Gasteiger charge is -2.25. The number of hydrogen-bond acceptors (Lipinski definition) is 4. The molecule has 1 aliphatic rings. The Morgan fingerprint density at radius 2 is 2.11 bits per heavy atom. The Labute approximate surface area is 112 Å². The number of nitrogens with two attached hydrogens (primary N) is 1. The van der Waals surface area contributed by atoms with E-state index < -0.39 is 11.6 Å². The summed E-state index contributed by atoms with van der Waals surface area (Å²) in [6.45, 7) is 3.20. The molecule has 0 saturated carbocycles. The summed E-state index contributed by atoms with van der Waals surface area (Å²) in [5.41, 5.74) is 6.54. The lowest BCUT2D eigenvalue weighted by atomic mass is 9.98. The Kier molecular flexibility index (Phi) is 3.66. The number of hydrogen-bond donors (Lipinski definition) is 3. The fourth-order valence-electron chi connectivity index (χ4n) is 2.50. The number of rotatable bonds is 2. The average molecular weight is 264 g/mol. The first-order chi connectivity index (χ1) is 8.89. The Balaban J connectivity index is 2.30. The summed E-state index contributed by atoms with van der Waals surface area (Å²) < 4.78 is 0. The molecule has 1 aromatic rings. The number of carboxylic acid groups (broad SMARTS) is 1. The van der Waals surface area contributed by atoms with E-state index in [1.54, 1.807) is 12.1 Å². The highest BCUT2D eigenvalue weighted by Crippen LogP contribution is 2.29. The van der Waals surface area contributed by atoms with Gasteiger partial charge < -0.3 is 20.8 Å². The van der Waals surface area contributed by atoms with Gasteiger partial charge in [0.25, 0.3) is 0 Å². The minimum Gasteiger partial charge on any atom is -0.478 e. The molecule has 0 aliphatic carbocycles. The van der Waals surface area contributed by atoms with Crippen LogP contribution in [0.15, 0.2) is 18.2 Å². The highest BCUT2D eigenvalue weighted by molar-refractivity contribution is 5.95. The second-order valence-corrected chi connectivity index (χ2v) is 5.42. The zero-order valence-electron chi connectivity index (χ0n) is 11.1. The smallest absolute Gasteiger partial charge is 0.337 e. The SMILES string of the molecule is CC1(O)CCCN(c2cc(N)ccc2C(=O)O)CC1. The molecule has 0 spiro atoms. The van der Waals surface area contributed by atoms with Gasteiger partial charge in [-0.25, -0.2) is 4.79 Å². The van der Waals surface area contributed by atoms with Crippen LogP contribution in [0, 0.1) is 0 Å². The number of carbonyl (C=O) groups is 1. The highest BCUT2D eigenvalue weighted by atomic mass is 16.4. The first-order valence-corrected chi connectivity index (χ1v) is 6.49. The van der Waals surface area contributed by atoms with Crippen LogP contribution in [0.5, 0.6) is 0 Å². The zero-order valence-corrected chi connectivity index (χ0v) is 11.1. The van der Waals surface area contributed by atoms with Crippen molar-refractivity contribution in [3.63, 3.8) is 0 Å². The predicted molar refractivity (Wildman–Crippen MR) is 74.5 cm³/mol. The Bertz CT molecular complexity index is 486. The number of nitrogens with zero attached hydrogens (tertiary/aromatic N) is 1. The van der Waals surface area contributed by atoms with E-state index >= 15 is 0 Å². The molecular formula is C14H20N2O3. The largest absolute Gasteiger partial charge is 0.478 e. The maximum atomic E-state index is 11.3. The third-order valence-electron chi connectivity index (χ3n) is 3.66. The second kappa shape index (κ2) is 5.09. The van der Waals surface area contributed by atoms with Gasteiger partial charge in [-0.15, -0.1) is 0 Å². The maximum absolute atomic E-state index is 11.3. The molecule has 0 amide bonds. The molecule has 0 aromatic heterocycles. The zero-order chi connectivity index (χ0) is 14.0. The van der Waals surface area contributed by atoms with Crippen LogP contribution >= 0.6 is 0 Å². The first kappa shape index (κ1) is 13.7. The van der Waals surface area contributed by atoms with Crippen LogP contribution in [0.4, 0.5) is 11.4 Å². The summed E-state index contributed by atoms with van der Waals surface area (Å²) in [6, 6.07) is 4.83.